The van der Waals surface area contributed by atoms with Crippen molar-refractivity contribution in [3.63, 3.8) is 0 Å². The van der Waals surface area contributed by atoms with Gasteiger partial charge in [-0.3, -0.25) is 4.90 Å². The summed E-state index contributed by atoms with van der Waals surface area (Å²) in [6.45, 7) is 6.07. The van der Waals surface area contributed by atoms with Crippen LogP contribution in [0.25, 0.3) is 0 Å². The lowest BCUT2D eigenvalue weighted by Gasteiger charge is -2.37. The van der Waals surface area contributed by atoms with Crippen LogP contribution < -0.4 is 10.1 Å². The van der Waals surface area contributed by atoms with Crippen LogP contribution in [0.4, 0.5) is 10.5 Å². The van der Waals surface area contributed by atoms with Gasteiger partial charge in [0.2, 0.25) is 0 Å². The summed E-state index contributed by atoms with van der Waals surface area (Å²) < 4.78 is 6.14. The molecule has 0 spiro atoms. The van der Waals surface area contributed by atoms with Gasteiger partial charge in [-0.25, -0.2) is 4.79 Å². The summed E-state index contributed by atoms with van der Waals surface area (Å²) >= 11 is 6.52. The van der Waals surface area contributed by atoms with Crippen LogP contribution in [0.3, 0.4) is 0 Å². The third-order valence-electron chi connectivity index (χ3n) is 6.63. The van der Waals surface area contributed by atoms with Gasteiger partial charge in [0.1, 0.15) is 5.75 Å². The molecule has 172 valence electrons. The van der Waals surface area contributed by atoms with Crippen molar-refractivity contribution in [2.75, 3.05) is 32.0 Å². The Balaban J connectivity index is 1.21. The minimum Gasteiger partial charge on any atom is -0.490 e. The van der Waals surface area contributed by atoms with Crippen LogP contribution in [-0.4, -0.2) is 48.6 Å². The second kappa shape index (κ2) is 10.6. The molecule has 0 radical (unpaired) electrons. The lowest BCUT2D eigenvalue weighted by molar-refractivity contribution is 0.0532. The predicted molar refractivity (Wildman–Crippen MR) is 131 cm³/mol. The molecule has 2 aromatic rings. The van der Waals surface area contributed by atoms with Crippen LogP contribution in [0.15, 0.2) is 42.5 Å². The van der Waals surface area contributed by atoms with Gasteiger partial charge in [-0.2, -0.15) is 0 Å². The number of carbonyl (C=O) groups excluding carboxylic acids is 1. The Morgan fingerprint density at radius 3 is 2.62 bits per heavy atom. The van der Waals surface area contributed by atoms with E-state index in [1.165, 1.54) is 18.4 Å². The molecule has 2 fully saturated rings. The summed E-state index contributed by atoms with van der Waals surface area (Å²) in [5, 5.41) is 3.83. The molecule has 2 amide bonds. The summed E-state index contributed by atoms with van der Waals surface area (Å²) in [6.07, 6.45) is 5.56. The minimum absolute atomic E-state index is 0.0596. The fourth-order valence-corrected chi connectivity index (χ4v) is 4.89. The molecule has 0 unspecified atom stereocenters. The van der Waals surface area contributed by atoms with E-state index >= 15 is 0 Å². The summed E-state index contributed by atoms with van der Waals surface area (Å²) in [6, 6.07) is 14.0. The SMILES string of the molecule is CCc1ccccc1NC(=O)N(C)CC1CC(Oc2ccc(CN3CCCC3)c(Cl)c2)C1. The first kappa shape index (κ1) is 22.9. The molecule has 1 saturated carbocycles. The number of nitrogens with zero attached hydrogens (tertiary/aromatic N) is 2. The van der Waals surface area contributed by atoms with E-state index in [0.717, 1.165) is 67.5 Å². The normalized spacial score (nSPS) is 20.6. The Kier molecular flexibility index (Phi) is 7.59. The van der Waals surface area contributed by atoms with E-state index in [4.69, 9.17) is 16.3 Å². The summed E-state index contributed by atoms with van der Waals surface area (Å²) in [5.74, 6) is 1.30. The van der Waals surface area contributed by atoms with E-state index in [-0.39, 0.29) is 12.1 Å². The van der Waals surface area contributed by atoms with Crippen molar-refractivity contribution in [1.29, 1.82) is 0 Å². The number of benzene rings is 2. The topological polar surface area (TPSA) is 44.8 Å². The highest BCUT2D eigenvalue weighted by Gasteiger charge is 2.32. The molecule has 32 heavy (non-hydrogen) atoms. The van der Waals surface area contributed by atoms with Gasteiger partial charge >= 0.3 is 6.03 Å². The molecule has 4 rings (SSSR count). The Morgan fingerprint density at radius 2 is 1.91 bits per heavy atom. The molecule has 0 bridgehead atoms. The van der Waals surface area contributed by atoms with Crippen LogP contribution in [0, 0.1) is 5.92 Å². The molecule has 6 heteroatoms. The molecular formula is C26H34ClN3O2. The van der Waals surface area contributed by atoms with Crippen LogP contribution in [0.2, 0.25) is 5.02 Å². The molecule has 0 atom stereocenters. The molecule has 1 saturated heterocycles. The fraction of sp³-hybridized carbons (Fsp3) is 0.500. The Bertz CT molecular complexity index is 923. The van der Waals surface area contributed by atoms with E-state index < -0.39 is 0 Å². The lowest BCUT2D eigenvalue weighted by Crippen LogP contribution is -2.43. The highest BCUT2D eigenvalue weighted by Crippen LogP contribution is 2.33. The van der Waals surface area contributed by atoms with E-state index in [2.05, 4.69) is 29.3 Å². The zero-order valence-electron chi connectivity index (χ0n) is 19.1. The van der Waals surface area contributed by atoms with E-state index in [0.29, 0.717) is 5.92 Å². The number of halogens is 1. The number of likely N-dealkylation sites (tertiary alicyclic amines) is 1. The summed E-state index contributed by atoms with van der Waals surface area (Å²) in [5.41, 5.74) is 3.22. The molecule has 2 aliphatic rings. The molecule has 0 aromatic heterocycles. The average molecular weight is 456 g/mol. The first-order chi connectivity index (χ1) is 15.5. The average Bonchev–Trinajstić information content (AvgIpc) is 3.27. The number of nitrogens with one attached hydrogen (secondary N) is 1. The molecule has 2 aromatic carbocycles. The number of para-hydroxylation sites is 1. The van der Waals surface area contributed by atoms with Gasteiger partial charge < -0.3 is 15.0 Å². The van der Waals surface area contributed by atoms with Crippen LogP contribution in [-0.2, 0) is 13.0 Å². The highest BCUT2D eigenvalue weighted by molar-refractivity contribution is 6.31. The van der Waals surface area contributed by atoms with Gasteiger partial charge in [-0.05, 0) is 80.4 Å². The largest absolute Gasteiger partial charge is 0.490 e. The zero-order valence-corrected chi connectivity index (χ0v) is 19.9. The first-order valence-electron chi connectivity index (χ1n) is 11.8. The second-order valence-corrected chi connectivity index (χ2v) is 9.54. The summed E-state index contributed by atoms with van der Waals surface area (Å²) in [7, 11) is 1.86. The van der Waals surface area contributed by atoms with Gasteiger partial charge in [0, 0.05) is 30.8 Å². The molecular weight excluding hydrogens is 422 g/mol. The van der Waals surface area contributed by atoms with Crippen molar-refractivity contribution in [2.24, 2.45) is 5.92 Å². The van der Waals surface area contributed by atoms with Crippen LogP contribution in [0.1, 0.15) is 43.7 Å². The number of anilines is 1. The van der Waals surface area contributed by atoms with Crippen LogP contribution >= 0.6 is 11.6 Å². The van der Waals surface area contributed by atoms with Gasteiger partial charge in [0.15, 0.2) is 0 Å². The highest BCUT2D eigenvalue weighted by atomic mass is 35.5. The third-order valence-corrected chi connectivity index (χ3v) is 6.98. The van der Waals surface area contributed by atoms with Crippen molar-refractivity contribution < 1.29 is 9.53 Å². The Hall–Kier alpha value is -2.24. The van der Waals surface area contributed by atoms with Gasteiger partial charge in [0.25, 0.3) is 0 Å². The van der Waals surface area contributed by atoms with Gasteiger partial charge in [-0.15, -0.1) is 0 Å². The second-order valence-electron chi connectivity index (χ2n) is 9.14. The van der Waals surface area contributed by atoms with Crippen molar-refractivity contribution >= 4 is 23.3 Å². The number of aryl methyl sites for hydroxylation is 1. The van der Waals surface area contributed by atoms with Crippen molar-refractivity contribution in [3.05, 3.63) is 58.6 Å². The van der Waals surface area contributed by atoms with Gasteiger partial charge in [-0.1, -0.05) is 42.8 Å². The molecule has 1 heterocycles. The quantitative estimate of drug-likeness (QED) is 0.545. The fourth-order valence-electron chi connectivity index (χ4n) is 4.65. The maximum atomic E-state index is 12.6. The van der Waals surface area contributed by atoms with E-state index in [1.807, 2.05) is 37.4 Å². The van der Waals surface area contributed by atoms with Crippen molar-refractivity contribution in [1.82, 2.24) is 9.80 Å². The van der Waals surface area contributed by atoms with E-state index in [9.17, 15) is 4.79 Å². The predicted octanol–water partition coefficient (Wildman–Crippen LogP) is 5.82. The molecule has 1 aliphatic heterocycles. The first-order valence-corrected chi connectivity index (χ1v) is 12.2. The molecule has 5 nitrogen and oxygen atoms in total. The number of carbonyl (C=O) groups is 1. The maximum Gasteiger partial charge on any atom is 0.321 e. The number of ether oxygens (including phenoxy) is 1. The minimum atomic E-state index is -0.0596. The zero-order chi connectivity index (χ0) is 22.5. The lowest BCUT2D eigenvalue weighted by atomic mass is 9.82. The Labute approximate surface area is 196 Å². The number of amides is 2. The third kappa shape index (κ3) is 5.76. The molecule has 1 N–H and O–H groups in total. The number of rotatable bonds is 8. The molecule has 1 aliphatic carbocycles. The number of urea groups is 1. The Morgan fingerprint density at radius 1 is 1.16 bits per heavy atom. The smallest absolute Gasteiger partial charge is 0.321 e. The number of hydrogen-bond donors (Lipinski definition) is 1. The summed E-state index contributed by atoms with van der Waals surface area (Å²) in [4.78, 5) is 16.8. The van der Waals surface area contributed by atoms with E-state index in [1.54, 1.807) is 4.90 Å². The van der Waals surface area contributed by atoms with Crippen LogP contribution in [0.5, 0.6) is 5.75 Å². The van der Waals surface area contributed by atoms with Crippen molar-refractivity contribution in [2.45, 2.75) is 51.7 Å². The monoisotopic (exact) mass is 455 g/mol. The number of hydrogen-bond acceptors (Lipinski definition) is 3. The standard InChI is InChI=1S/C26H34ClN3O2/c1-3-20-8-4-5-9-25(20)28-26(31)29(2)17-19-14-23(15-19)32-22-11-10-21(24(27)16-22)18-30-12-6-7-13-30/h4-5,8-11,16,19,23H,3,6-7,12-15,17-18H2,1-2H3,(H,28,31). The maximum absolute atomic E-state index is 12.6. The van der Waals surface area contributed by atoms with Crippen molar-refractivity contribution in [3.8, 4) is 5.75 Å². The van der Waals surface area contributed by atoms with Gasteiger partial charge in [0.05, 0.1) is 6.10 Å².